The van der Waals surface area contributed by atoms with E-state index in [1.54, 1.807) is 6.20 Å². The van der Waals surface area contributed by atoms with Crippen LogP contribution in [-0.2, 0) is 20.1 Å². The van der Waals surface area contributed by atoms with Gasteiger partial charge in [0.15, 0.2) is 5.82 Å². The molecule has 2 aromatic heterocycles. The third kappa shape index (κ3) is 3.07. The smallest absolute Gasteiger partial charge is 0.202 e. The Hall–Kier alpha value is -2.40. The summed E-state index contributed by atoms with van der Waals surface area (Å²) in [5.41, 5.74) is 2.64. The van der Waals surface area contributed by atoms with Gasteiger partial charge in [-0.25, -0.2) is 4.98 Å². The van der Waals surface area contributed by atoms with Gasteiger partial charge in [-0.15, -0.1) is 0 Å². The Bertz CT molecular complexity index is 923. The summed E-state index contributed by atoms with van der Waals surface area (Å²) in [6.45, 7) is 5.92. The van der Waals surface area contributed by atoms with E-state index in [1.165, 1.54) is 16.5 Å². The summed E-state index contributed by atoms with van der Waals surface area (Å²) in [7, 11) is 1.89. The zero-order valence-electron chi connectivity index (χ0n) is 15.6. The van der Waals surface area contributed by atoms with Gasteiger partial charge in [-0.2, -0.15) is 0 Å². The van der Waals surface area contributed by atoms with E-state index in [9.17, 15) is 4.79 Å². The Morgan fingerprint density at radius 2 is 2.15 bits per heavy atom. The highest BCUT2D eigenvalue weighted by Gasteiger charge is 2.28. The molecule has 4 rings (SSSR count). The number of piperidine rings is 1. The van der Waals surface area contributed by atoms with Crippen LogP contribution in [0.4, 0.5) is 0 Å². The Morgan fingerprint density at radius 3 is 2.92 bits per heavy atom. The van der Waals surface area contributed by atoms with Gasteiger partial charge in [-0.1, -0.05) is 12.1 Å². The molecule has 3 heterocycles. The van der Waals surface area contributed by atoms with Crippen LogP contribution in [0.15, 0.2) is 42.9 Å². The molecule has 0 N–H and O–H groups in total. The van der Waals surface area contributed by atoms with Crippen LogP contribution in [-0.4, -0.2) is 37.9 Å². The van der Waals surface area contributed by atoms with Crippen LogP contribution < -0.4 is 0 Å². The minimum absolute atomic E-state index is 0.0456. The maximum absolute atomic E-state index is 12.8. The van der Waals surface area contributed by atoms with Crippen LogP contribution >= 0.6 is 0 Å². The number of benzene rings is 1. The lowest BCUT2D eigenvalue weighted by Gasteiger charge is -2.32. The van der Waals surface area contributed by atoms with Crippen molar-refractivity contribution >= 4 is 16.7 Å². The first-order valence-electron chi connectivity index (χ1n) is 9.48. The van der Waals surface area contributed by atoms with Crippen LogP contribution in [0.3, 0.4) is 0 Å². The molecule has 1 aromatic carbocycles. The summed E-state index contributed by atoms with van der Waals surface area (Å²) in [5.74, 6) is 0.806. The lowest BCUT2D eigenvalue weighted by Crippen LogP contribution is -2.38. The molecule has 0 aliphatic carbocycles. The molecule has 1 atom stereocenters. The van der Waals surface area contributed by atoms with E-state index in [-0.39, 0.29) is 11.7 Å². The predicted octanol–water partition coefficient (Wildman–Crippen LogP) is 3.49. The molecule has 1 saturated heterocycles. The monoisotopic (exact) mass is 350 g/mol. The lowest BCUT2D eigenvalue weighted by molar-refractivity contribution is 0.0798. The maximum atomic E-state index is 12.8. The molecule has 5 nitrogen and oxygen atoms in total. The van der Waals surface area contributed by atoms with Crippen LogP contribution in [0, 0.1) is 5.92 Å². The number of aryl methyl sites for hydroxylation is 2. The normalized spacial score (nSPS) is 18.5. The maximum Gasteiger partial charge on any atom is 0.202 e. The fraction of sp³-hybridized carbons (Fsp3) is 0.429. The first-order chi connectivity index (χ1) is 12.7. The Labute approximate surface area is 154 Å². The van der Waals surface area contributed by atoms with E-state index in [0.717, 1.165) is 39.0 Å². The molecule has 0 saturated carbocycles. The van der Waals surface area contributed by atoms with Crippen molar-refractivity contribution in [3.8, 4) is 0 Å². The van der Waals surface area contributed by atoms with Gasteiger partial charge in [0, 0.05) is 62.1 Å². The molecule has 1 aliphatic heterocycles. The average Bonchev–Trinajstić information content (AvgIpc) is 3.28. The van der Waals surface area contributed by atoms with Gasteiger partial charge in [0.1, 0.15) is 0 Å². The third-order valence-electron chi connectivity index (χ3n) is 5.56. The number of ketones is 1. The highest BCUT2D eigenvalue weighted by atomic mass is 16.1. The summed E-state index contributed by atoms with van der Waals surface area (Å²) in [5, 5.41) is 1.33. The Balaban J connectivity index is 1.51. The van der Waals surface area contributed by atoms with Gasteiger partial charge in [-0.3, -0.25) is 9.69 Å². The van der Waals surface area contributed by atoms with Crippen LogP contribution in [0.5, 0.6) is 0 Å². The van der Waals surface area contributed by atoms with Gasteiger partial charge in [-0.05, 0) is 44.0 Å². The second-order valence-electron chi connectivity index (χ2n) is 7.25. The van der Waals surface area contributed by atoms with Crippen molar-refractivity contribution in [3.63, 3.8) is 0 Å². The van der Waals surface area contributed by atoms with Crippen LogP contribution in [0.1, 0.15) is 35.9 Å². The molecule has 0 radical (unpaired) electrons. The number of imidazole rings is 1. The van der Waals surface area contributed by atoms with Crippen LogP contribution in [0.25, 0.3) is 10.9 Å². The minimum atomic E-state index is 0.0456. The standard InChI is InChI=1S/C21H26N4O/c1-3-25-12-9-18-16(6-4-8-19(18)25)14-24-11-5-7-17(15-24)20(26)21-22-10-13-23(21)2/h4,6,8-10,12-13,17H,3,5,7,11,14-15H2,1-2H3. The Kier molecular flexibility index (Phi) is 4.64. The Morgan fingerprint density at radius 1 is 1.27 bits per heavy atom. The number of Topliss-reactive ketones (excluding diaryl/α,β-unsaturated/α-hetero) is 1. The van der Waals surface area contributed by atoms with E-state index in [1.807, 2.05) is 17.8 Å². The largest absolute Gasteiger partial charge is 0.348 e. The van der Waals surface area contributed by atoms with Gasteiger partial charge in [0.25, 0.3) is 0 Å². The van der Waals surface area contributed by atoms with Crippen molar-refractivity contribution in [2.45, 2.75) is 32.9 Å². The van der Waals surface area contributed by atoms with Crippen molar-refractivity contribution < 1.29 is 4.79 Å². The minimum Gasteiger partial charge on any atom is -0.348 e. The summed E-state index contributed by atoms with van der Waals surface area (Å²) in [6.07, 6.45) is 7.73. The number of hydrogen-bond acceptors (Lipinski definition) is 3. The van der Waals surface area contributed by atoms with Gasteiger partial charge >= 0.3 is 0 Å². The lowest BCUT2D eigenvalue weighted by atomic mass is 9.92. The van der Waals surface area contributed by atoms with Crippen LogP contribution in [0.2, 0.25) is 0 Å². The number of carbonyl (C=O) groups is 1. The quantitative estimate of drug-likeness (QED) is 0.662. The van der Waals surface area contributed by atoms with Crippen molar-refractivity contribution in [3.05, 3.63) is 54.2 Å². The number of hydrogen-bond donors (Lipinski definition) is 0. The second-order valence-corrected chi connectivity index (χ2v) is 7.25. The first kappa shape index (κ1) is 17.0. The van der Waals surface area contributed by atoms with Crippen molar-refractivity contribution in [2.24, 2.45) is 13.0 Å². The number of fused-ring (bicyclic) bond motifs is 1. The summed E-state index contributed by atoms with van der Waals surface area (Å²) in [6, 6.07) is 8.76. The zero-order chi connectivity index (χ0) is 18.1. The molecule has 5 heteroatoms. The summed E-state index contributed by atoms with van der Waals surface area (Å²) in [4.78, 5) is 19.5. The van der Waals surface area contributed by atoms with Crippen molar-refractivity contribution in [1.82, 2.24) is 19.0 Å². The van der Waals surface area contributed by atoms with E-state index >= 15 is 0 Å². The van der Waals surface area contributed by atoms with E-state index in [0.29, 0.717) is 5.82 Å². The highest BCUT2D eigenvalue weighted by Crippen LogP contribution is 2.25. The molecule has 0 spiro atoms. The molecule has 0 bridgehead atoms. The second kappa shape index (κ2) is 7.08. The fourth-order valence-electron chi connectivity index (χ4n) is 4.14. The molecule has 136 valence electrons. The average molecular weight is 350 g/mol. The molecule has 1 fully saturated rings. The van der Waals surface area contributed by atoms with Crippen molar-refractivity contribution in [2.75, 3.05) is 13.1 Å². The first-order valence-corrected chi connectivity index (χ1v) is 9.48. The van der Waals surface area contributed by atoms with E-state index in [2.05, 4.69) is 51.8 Å². The highest BCUT2D eigenvalue weighted by molar-refractivity contribution is 5.95. The van der Waals surface area contributed by atoms with Gasteiger partial charge < -0.3 is 9.13 Å². The fourth-order valence-corrected chi connectivity index (χ4v) is 4.14. The van der Waals surface area contributed by atoms with E-state index < -0.39 is 0 Å². The molecule has 0 amide bonds. The number of aromatic nitrogens is 3. The van der Waals surface area contributed by atoms with Gasteiger partial charge in [0.2, 0.25) is 5.78 Å². The van der Waals surface area contributed by atoms with E-state index in [4.69, 9.17) is 0 Å². The summed E-state index contributed by atoms with van der Waals surface area (Å²) < 4.78 is 4.11. The molecule has 3 aromatic rings. The molecule has 26 heavy (non-hydrogen) atoms. The topological polar surface area (TPSA) is 43.1 Å². The number of rotatable bonds is 5. The molecule has 1 aliphatic rings. The SMILES string of the molecule is CCn1ccc2c(CN3CCCC(C(=O)c4nccn4C)C3)cccc21. The third-order valence-corrected chi connectivity index (χ3v) is 5.56. The molecular formula is C21H26N4O. The molecule has 1 unspecified atom stereocenters. The zero-order valence-corrected chi connectivity index (χ0v) is 15.6. The molecular weight excluding hydrogens is 324 g/mol. The van der Waals surface area contributed by atoms with Gasteiger partial charge in [0.05, 0.1) is 0 Å². The predicted molar refractivity (Wildman–Crippen MR) is 103 cm³/mol. The summed E-state index contributed by atoms with van der Waals surface area (Å²) >= 11 is 0. The van der Waals surface area contributed by atoms with Crippen molar-refractivity contribution in [1.29, 1.82) is 0 Å². The number of likely N-dealkylation sites (tertiary alicyclic amines) is 1. The number of nitrogens with zero attached hydrogens (tertiary/aromatic N) is 4. The number of carbonyl (C=O) groups excluding carboxylic acids is 1.